The molecule has 0 spiro atoms. The molecule has 0 radical (unpaired) electrons. The van der Waals surface area contributed by atoms with Crippen LogP contribution in [0.5, 0.6) is 0 Å². The Hall–Kier alpha value is -1.73. The van der Waals surface area contributed by atoms with Crippen molar-refractivity contribution in [1.29, 1.82) is 0 Å². The Morgan fingerprint density at radius 1 is 1.56 bits per heavy atom. The highest BCUT2D eigenvalue weighted by molar-refractivity contribution is 5.75. The average Bonchev–Trinajstić information content (AvgIpc) is 2.61. The van der Waals surface area contributed by atoms with E-state index in [2.05, 4.69) is 20.3 Å². The number of ether oxygens (including phenoxy) is 1. The van der Waals surface area contributed by atoms with Crippen LogP contribution in [0.2, 0.25) is 0 Å². The largest absolute Gasteiger partial charge is 0.575 e. The second kappa shape index (κ2) is 3.69. The molecule has 1 aromatic rings. The maximum absolute atomic E-state index is 11.8. The number of hydrogen-bond donors (Lipinski definition) is 2. The number of carbonyl (C=O) groups excluding carboxylic acids is 1. The van der Waals surface area contributed by atoms with Crippen LogP contribution in [0, 0.1) is 5.92 Å². The lowest BCUT2D eigenvalue weighted by Gasteiger charge is -2.21. The minimum absolute atomic E-state index is 0.101. The zero-order chi connectivity index (χ0) is 11.8. The first-order valence-corrected chi connectivity index (χ1v) is 4.51. The second-order valence-corrected chi connectivity index (χ2v) is 3.42. The summed E-state index contributed by atoms with van der Waals surface area (Å²) in [6.07, 6.45) is -3.27. The van der Waals surface area contributed by atoms with Crippen molar-refractivity contribution < 1.29 is 22.7 Å². The summed E-state index contributed by atoms with van der Waals surface area (Å²) < 4.78 is 38.8. The molecule has 0 bridgehead atoms. The first-order chi connectivity index (χ1) is 7.46. The van der Waals surface area contributed by atoms with Gasteiger partial charge in [0.25, 0.3) is 0 Å². The van der Waals surface area contributed by atoms with E-state index < -0.39 is 18.2 Å². The molecule has 0 aliphatic carbocycles. The predicted molar refractivity (Wildman–Crippen MR) is 46.4 cm³/mol. The summed E-state index contributed by atoms with van der Waals surface area (Å²) in [7, 11) is 0. The molecule has 1 atom stereocenters. The van der Waals surface area contributed by atoms with Crippen LogP contribution in [-0.2, 0) is 16.0 Å². The number of halogens is 3. The number of H-pyrrole nitrogens is 1. The molecule has 88 valence electrons. The van der Waals surface area contributed by atoms with Crippen molar-refractivity contribution in [3.05, 3.63) is 11.8 Å². The van der Waals surface area contributed by atoms with Crippen LogP contribution in [0.3, 0.4) is 0 Å². The number of aromatic amines is 1. The fourth-order valence-corrected chi connectivity index (χ4v) is 1.55. The lowest BCUT2D eigenvalue weighted by molar-refractivity contribution is -0.307. The standard InChI is InChI=1S/C8H8F3N3O2/c9-8(10,11)16-7(15)5-1-4-3-13-14-6(4)12-2-5/h3,5H,1-2H2,(H2,12,13,14). The summed E-state index contributed by atoms with van der Waals surface area (Å²) >= 11 is 0. The monoisotopic (exact) mass is 235 g/mol. The maximum atomic E-state index is 11.8. The first-order valence-electron chi connectivity index (χ1n) is 4.51. The van der Waals surface area contributed by atoms with Gasteiger partial charge in [0, 0.05) is 12.1 Å². The quantitative estimate of drug-likeness (QED) is 0.714. The van der Waals surface area contributed by atoms with Gasteiger partial charge >= 0.3 is 12.3 Å². The third-order valence-electron chi connectivity index (χ3n) is 2.26. The fourth-order valence-electron chi connectivity index (χ4n) is 1.55. The third kappa shape index (κ3) is 2.26. The van der Waals surface area contributed by atoms with Crippen molar-refractivity contribution in [3.63, 3.8) is 0 Å². The molecule has 0 saturated heterocycles. The molecular formula is C8H8F3N3O2. The van der Waals surface area contributed by atoms with E-state index in [1.807, 2.05) is 0 Å². The van der Waals surface area contributed by atoms with Crippen LogP contribution in [0.4, 0.5) is 19.0 Å². The third-order valence-corrected chi connectivity index (χ3v) is 2.26. The molecule has 8 heteroatoms. The van der Waals surface area contributed by atoms with Gasteiger partial charge in [-0.2, -0.15) is 5.10 Å². The fraction of sp³-hybridized carbons (Fsp3) is 0.500. The molecule has 0 fully saturated rings. The Labute approximate surface area is 88.0 Å². The van der Waals surface area contributed by atoms with E-state index in [-0.39, 0.29) is 13.0 Å². The highest BCUT2D eigenvalue weighted by Gasteiger charge is 2.38. The summed E-state index contributed by atoms with van der Waals surface area (Å²) in [5, 5.41) is 9.11. The number of alkyl halides is 3. The molecule has 2 heterocycles. The Morgan fingerprint density at radius 3 is 3.00 bits per heavy atom. The van der Waals surface area contributed by atoms with Gasteiger partial charge in [-0.25, -0.2) is 0 Å². The minimum Gasteiger partial charge on any atom is -0.373 e. The van der Waals surface area contributed by atoms with Crippen LogP contribution in [0.1, 0.15) is 5.56 Å². The Bertz CT molecular complexity index is 401. The SMILES string of the molecule is O=C(OC(F)(F)F)C1CNc2[nH]ncc2C1. The summed E-state index contributed by atoms with van der Waals surface area (Å²) in [6.45, 7) is 0.101. The number of aromatic nitrogens is 2. The minimum atomic E-state index is -4.92. The molecule has 0 amide bonds. The van der Waals surface area contributed by atoms with Gasteiger partial charge in [0.1, 0.15) is 5.82 Å². The van der Waals surface area contributed by atoms with Gasteiger partial charge in [-0.1, -0.05) is 0 Å². The van der Waals surface area contributed by atoms with E-state index in [1.54, 1.807) is 0 Å². The zero-order valence-electron chi connectivity index (χ0n) is 7.97. The Kier molecular flexibility index (Phi) is 2.49. The highest BCUT2D eigenvalue weighted by Crippen LogP contribution is 2.25. The van der Waals surface area contributed by atoms with Crippen molar-refractivity contribution in [2.75, 3.05) is 11.9 Å². The number of fused-ring (bicyclic) bond motifs is 1. The van der Waals surface area contributed by atoms with Crippen LogP contribution in [0.25, 0.3) is 0 Å². The summed E-state index contributed by atoms with van der Waals surface area (Å²) in [5.41, 5.74) is 0.676. The lowest BCUT2D eigenvalue weighted by atomic mass is 9.98. The molecule has 2 N–H and O–H groups in total. The number of esters is 1. The summed E-state index contributed by atoms with van der Waals surface area (Å²) in [4.78, 5) is 11.1. The summed E-state index contributed by atoms with van der Waals surface area (Å²) in [6, 6.07) is 0. The molecule has 0 saturated carbocycles. The van der Waals surface area contributed by atoms with Gasteiger partial charge < -0.3 is 10.1 Å². The average molecular weight is 235 g/mol. The zero-order valence-corrected chi connectivity index (χ0v) is 7.97. The van der Waals surface area contributed by atoms with Crippen LogP contribution in [0.15, 0.2) is 6.20 Å². The topological polar surface area (TPSA) is 67.0 Å². The number of nitrogens with zero attached hydrogens (tertiary/aromatic N) is 1. The molecule has 1 aliphatic rings. The van der Waals surface area contributed by atoms with Crippen molar-refractivity contribution in [2.45, 2.75) is 12.8 Å². The van der Waals surface area contributed by atoms with Gasteiger partial charge in [-0.05, 0) is 6.42 Å². The van der Waals surface area contributed by atoms with Crippen molar-refractivity contribution in [3.8, 4) is 0 Å². The lowest BCUT2D eigenvalue weighted by Crippen LogP contribution is -2.34. The van der Waals surface area contributed by atoms with E-state index in [0.717, 1.165) is 0 Å². The number of anilines is 1. The highest BCUT2D eigenvalue weighted by atomic mass is 19.4. The van der Waals surface area contributed by atoms with E-state index in [0.29, 0.717) is 11.4 Å². The molecule has 1 unspecified atom stereocenters. The first kappa shape index (κ1) is 10.8. The normalized spacial score (nSPS) is 19.8. The summed E-state index contributed by atoms with van der Waals surface area (Å²) in [5.74, 6) is -1.48. The van der Waals surface area contributed by atoms with Gasteiger partial charge in [0.2, 0.25) is 0 Å². The second-order valence-electron chi connectivity index (χ2n) is 3.42. The van der Waals surface area contributed by atoms with E-state index >= 15 is 0 Å². The Morgan fingerprint density at radius 2 is 2.31 bits per heavy atom. The smallest absolute Gasteiger partial charge is 0.373 e. The molecule has 2 rings (SSSR count). The van der Waals surface area contributed by atoms with Gasteiger partial charge in [-0.3, -0.25) is 9.89 Å². The molecule has 1 aliphatic heterocycles. The molecule has 5 nitrogen and oxygen atoms in total. The number of rotatable bonds is 1. The van der Waals surface area contributed by atoms with E-state index in [4.69, 9.17) is 0 Å². The van der Waals surface area contributed by atoms with Gasteiger partial charge in [0.05, 0.1) is 12.1 Å². The van der Waals surface area contributed by atoms with Gasteiger partial charge in [-0.15, -0.1) is 13.2 Å². The number of carbonyl (C=O) groups is 1. The molecule has 1 aromatic heterocycles. The maximum Gasteiger partial charge on any atom is 0.575 e. The molecule has 16 heavy (non-hydrogen) atoms. The van der Waals surface area contributed by atoms with E-state index in [9.17, 15) is 18.0 Å². The van der Waals surface area contributed by atoms with Crippen LogP contribution in [-0.4, -0.2) is 29.1 Å². The number of nitrogens with one attached hydrogen (secondary N) is 2. The van der Waals surface area contributed by atoms with Crippen molar-refractivity contribution in [2.24, 2.45) is 5.92 Å². The molecule has 0 aromatic carbocycles. The van der Waals surface area contributed by atoms with Crippen molar-refractivity contribution >= 4 is 11.8 Å². The van der Waals surface area contributed by atoms with Crippen molar-refractivity contribution in [1.82, 2.24) is 10.2 Å². The van der Waals surface area contributed by atoms with Gasteiger partial charge in [0.15, 0.2) is 0 Å². The predicted octanol–water partition coefficient (Wildman–Crippen LogP) is 1.06. The Balaban J connectivity index is 2.01. The number of hydrogen-bond acceptors (Lipinski definition) is 4. The van der Waals surface area contributed by atoms with Crippen LogP contribution >= 0.6 is 0 Å². The van der Waals surface area contributed by atoms with E-state index in [1.165, 1.54) is 6.20 Å². The molecular weight excluding hydrogens is 227 g/mol. The van der Waals surface area contributed by atoms with Crippen LogP contribution < -0.4 is 5.32 Å².